The number of hydrogen-bond acceptors (Lipinski definition) is 11. The normalized spacial score (nSPS) is 11.2. The molecule has 0 bridgehead atoms. The van der Waals surface area contributed by atoms with E-state index in [1.807, 2.05) is 48.0 Å². The van der Waals surface area contributed by atoms with Crippen LogP contribution in [0.5, 0.6) is 0 Å². The van der Waals surface area contributed by atoms with Crippen molar-refractivity contribution in [3.05, 3.63) is 42.0 Å². The first-order valence-electron chi connectivity index (χ1n) is 8.73. The average Bonchev–Trinajstić information content (AvgIpc) is 3.06. The Morgan fingerprint density at radius 3 is 1.80 bits per heavy atom. The van der Waals surface area contributed by atoms with Gasteiger partial charge in [0.15, 0.2) is 11.6 Å². The molecule has 150 valence electrons. The van der Waals surface area contributed by atoms with Gasteiger partial charge in [-0.25, -0.2) is 4.99 Å². The second-order valence-electron chi connectivity index (χ2n) is 6.27. The monoisotopic (exact) mass is 402 g/mol. The second-order valence-corrected chi connectivity index (χ2v) is 6.27. The predicted octanol–water partition coefficient (Wildman–Crippen LogP) is 0.808. The number of hydrogen-bond donors (Lipinski definition) is 4. The number of aromatic nitrogens is 7. The number of nitrogens with two attached hydrogens (primary N) is 4. The van der Waals surface area contributed by atoms with Crippen molar-refractivity contribution < 1.29 is 0 Å². The summed E-state index contributed by atoms with van der Waals surface area (Å²) in [6, 6.07) is 11.1. The summed E-state index contributed by atoms with van der Waals surface area (Å²) in [4.78, 5) is 28.5. The van der Waals surface area contributed by atoms with Gasteiger partial charge in [0.05, 0.1) is 5.69 Å². The lowest BCUT2D eigenvalue weighted by atomic mass is 10.1. The maximum Gasteiger partial charge on any atom is 0.225 e. The van der Waals surface area contributed by atoms with Gasteiger partial charge in [0, 0.05) is 18.8 Å². The molecule has 0 saturated heterocycles. The van der Waals surface area contributed by atoms with Gasteiger partial charge in [-0.05, 0) is 17.7 Å². The standard InChI is InChI=1S/C18H18N12/c1-30-11(14-26-17(21)29-18(22)27-14)6-7-12(30)23-8-9-2-4-10(5-3-9)13-24-15(19)28-16(20)25-13/h2-8H,1H3,(H4,19,20,24,25,28)(H4,21,22,26,27,29)/b23-8+. The van der Waals surface area contributed by atoms with Crippen LogP contribution in [0.15, 0.2) is 41.4 Å². The van der Waals surface area contributed by atoms with Gasteiger partial charge in [0.25, 0.3) is 0 Å². The molecule has 4 rings (SSSR count). The van der Waals surface area contributed by atoms with E-state index < -0.39 is 0 Å². The van der Waals surface area contributed by atoms with Crippen molar-refractivity contribution in [3.63, 3.8) is 0 Å². The fourth-order valence-electron chi connectivity index (χ4n) is 2.78. The van der Waals surface area contributed by atoms with Crippen molar-refractivity contribution in [3.8, 4) is 22.9 Å². The number of rotatable bonds is 4. The number of nitrogens with zero attached hydrogens (tertiary/aromatic N) is 8. The highest BCUT2D eigenvalue weighted by molar-refractivity contribution is 5.82. The van der Waals surface area contributed by atoms with Crippen LogP contribution in [0.4, 0.5) is 29.6 Å². The largest absolute Gasteiger partial charge is 0.368 e. The van der Waals surface area contributed by atoms with Crippen LogP contribution in [0.2, 0.25) is 0 Å². The van der Waals surface area contributed by atoms with E-state index >= 15 is 0 Å². The van der Waals surface area contributed by atoms with Crippen LogP contribution in [-0.4, -0.2) is 40.7 Å². The molecule has 12 heteroatoms. The molecular weight excluding hydrogens is 384 g/mol. The molecule has 0 aliphatic heterocycles. The van der Waals surface area contributed by atoms with Crippen LogP contribution in [0.1, 0.15) is 5.56 Å². The SMILES string of the molecule is Cn1c(/N=C/c2ccc(-c3nc(N)nc(N)n3)cc2)ccc1-c1nc(N)nc(N)n1. The molecule has 0 radical (unpaired) electrons. The van der Waals surface area contributed by atoms with Crippen molar-refractivity contribution >= 4 is 35.8 Å². The van der Waals surface area contributed by atoms with Gasteiger partial charge >= 0.3 is 0 Å². The zero-order chi connectivity index (χ0) is 21.3. The fourth-order valence-corrected chi connectivity index (χ4v) is 2.78. The number of nitrogen functional groups attached to an aromatic ring is 4. The van der Waals surface area contributed by atoms with E-state index in [0.29, 0.717) is 23.2 Å². The molecule has 12 nitrogen and oxygen atoms in total. The minimum absolute atomic E-state index is 0.0607. The summed E-state index contributed by atoms with van der Waals surface area (Å²) in [5, 5.41) is 0. The highest BCUT2D eigenvalue weighted by atomic mass is 15.2. The Balaban J connectivity index is 1.56. The molecule has 0 amide bonds. The molecule has 0 saturated carbocycles. The highest BCUT2D eigenvalue weighted by Crippen LogP contribution is 2.24. The summed E-state index contributed by atoms with van der Waals surface area (Å²) in [7, 11) is 1.84. The third kappa shape index (κ3) is 3.82. The van der Waals surface area contributed by atoms with Crippen molar-refractivity contribution in [1.82, 2.24) is 34.5 Å². The molecule has 4 aromatic rings. The third-order valence-electron chi connectivity index (χ3n) is 4.18. The molecule has 0 unspecified atom stereocenters. The maximum atomic E-state index is 5.65. The molecule has 0 aliphatic carbocycles. The summed E-state index contributed by atoms with van der Waals surface area (Å²) in [5.41, 5.74) is 24.9. The first-order chi connectivity index (χ1) is 14.4. The molecule has 3 aromatic heterocycles. The number of benzene rings is 1. The zero-order valence-electron chi connectivity index (χ0n) is 15.9. The van der Waals surface area contributed by atoms with E-state index in [4.69, 9.17) is 22.9 Å². The van der Waals surface area contributed by atoms with Gasteiger partial charge in [-0.15, -0.1) is 0 Å². The Bertz CT molecular complexity index is 1200. The summed E-state index contributed by atoms with van der Waals surface area (Å²) in [6.07, 6.45) is 1.73. The molecule has 0 atom stereocenters. The third-order valence-corrected chi connectivity index (χ3v) is 4.18. The molecular formula is C18H18N12. The highest BCUT2D eigenvalue weighted by Gasteiger charge is 2.11. The molecule has 30 heavy (non-hydrogen) atoms. The Morgan fingerprint density at radius 2 is 1.23 bits per heavy atom. The van der Waals surface area contributed by atoms with Crippen molar-refractivity contribution in [2.24, 2.45) is 12.0 Å². The number of aliphatic imine (C=N–C) groups is 1. The smallest absolute Gasteiger partial charge is 0.225 e. The van der Waals surface area contributed by atoms with E-state index in [2.05, 4.69) is 34.9 Å². The van der Waals surface area contributed by atoms with E-state index in [1.54, 1.807) is 6.21 Å². The Kier molecular flexibility index (Phi) is 4.64. The van der Waals surface area contributed by atoms with Gasteiger partial charge < -0.3 is 27.5 Å². The first kappa shape index (κ1) is 18.7. The minimum atomic E-state index is 0.0607. The molecule has 8 N–H and O–H groups in total. The summed E-state index contributed by atoms with van der Waals surface area (Å²) in [5.74, 6) is 1.75. The summed E-state index contributed by atoms with van der Waals surface area (Å²) >= 11 is 0. The van der Waals surface area contributed by atoms with E-state index in [9.17, 15) is 0 Å². The fraction of sp³-hybridized carbons (Fsp3) is 0.0556. The van der Waals surface area contributed by atoms with Crippen molar-refractivity contribution in [1.29, 1.82) is 0 Å². The van der Waals surface area contributed by atoms with Crippen LogP contribution in [0.25, 0.3) is 22.9 Å². The summed E-state index contributed by atoms with van der Waals surface area (Å²) in [6.45, 7) is 0. The van der Waals surface area contributed by atoms with Crippen LogP contribution in [0, 0.1) is 0 Å². The van der Waals surface area contributed by atoms with Crippen molar-refractivity contribution in [2.45, 2.75) is 0 Å². The Hall–Kier alpha value is -4.61. The van der Waals surface area contributed by atoms with Gasteiger partial charge in [0.2, 0.25) is 23.8 Å². The average molecular weight is 402 g/mol. The van der Waals surface area contributed by atoms with Gasteiger partial charge in [-0.1, -0.05) is 24.3 Å². The number of anilines is 4. The topological polar surface area (TPSA) is 199 Å². The summed E-state index contributed by atoms with van der Waals surface area (Å²) < 4.78 is 1.83. The van der Waals surface area contributed by atoms with Crippen LogP contribution in [0.3, 0.4) is 0 Å². The minimum Gasteiger partial charge on any atom is -0.368 e. The van der Waals surface area contributed by atoms with E-state index in [1.165, 1.54) is 0 Å². The van der Waals surface area contributed by atoms with E-state index in [-0.39, 0.29) is 23.8 Å². The first-order valence-corrected chi connectivity index (χ1v) is 8.73. The lowest BCUT2D eigenvalue weighted by molar-refractivity contribution is 0.916. The maximum absolute atomic E-state index is 5.65. The Morgan fingerprint density at radius 1 is 0.700 bits per heavy atom. The molecule has 0 fully saturated rings. The molecule has 1 aromatic carbocycles. The van der Waals surface area contributed by atoms with Gasteiger partial charge in [-0.3, -0.25) is 0 Å². The lowest BCUT2D eigenvalue weighted by Gasteiger charge is -2.05. The molecule has 0 spiro atoms. The van der Waals surface area contributed by atoms with Crippen LogP contribution in [-0.2, 0) is 7.05 Å². The molecule has 0 aliphatic rings. The van der Waals surface area contributed by atoms with Gasteiger partial charge in [-0.2, -0.15) is 29.9 Å². The lowest BCUT2D eigenvalue weighted by Crippen LogP contribution is -2.05. The second kappa shape index (κ2) is 7.43. The van der Waals surface area contributed by atoms with Crippen LogP contribution >= 0.6 is 0 Å². The van der Waals surface area contributed by atoms with Crippen LogP contribution < -0.4 is 22.9 Å². The predicted molar refractivity (Wildman–Crippen MR) is 114 cm³/mol. The van der Waals surface area contributed by atoms with Crippen molar-refractivity contribution in [2.75, 3.05) is 22.9 Å². The Labute approximate surface area is 170 Å². The zero-order valence-corrected chi connectivity index (χ0v) is 15.9. The molecule has 3 heterocycles. The van der Waals surface area contributed by atoms with Gasteiger partial charge in [0.1, 0.15) is 5.82 Å². The van der Waals surface area contributed by atoms with E-state index in [0.717, 1.165) is 11.1 Å². The quantitative estimate of drug-likeness (QED) is 0.354.